The first-order valence-electron chi connectivity index (χ1n) is 10.5. The highest BCUT2D eigenvalue weighted by Gasteiger charge is 2.19. The molecule has 6 nitrogen and oxygen atoms in total. The van der Waals surface area contributed by atoms with Crippen molar-refractivity contribution in [2.45, 2.75) is 20.4 Å². The number of para-hydroxylation sites is 1. The van der Waals surface area contributed by atoms with Gasteiger partial charge < -0.3 is 15.2 Å². The molecule has 0 unspecified atom stereocenters. The van der Waals surface area contributed by atoms with E-state index in [-0.39, 0.29) is 17.6 Å². The number of benzene rings is 2. The second-order valence-corrected chi connectivity index (χ2v) is 7.61. The van der Waals surface area contributed by atoms with E-state index in [1.165, 1.54) is 6.07 Å². The lowest BCUT2D eigenvalue weighted by Gasteiger charge is -2.11. The van der Waals surface area contributed by atoms with E-state index in [2.05, 4.69) is 15.6 Å². The highest BCUT2D eigenvalue weighted by Crippen LogP contribution is 2.24. The van der Waals surface area contributed by atoms with Crippen LogP contribution in [0.3, 0.4) is 0 Å². The number of nitrogens with zero attached hydrogens (tertiary/aromatic N) is 2. The first-order valence-corrected chi connectivity index (χ1v) is 10.5. The van der Waals surface area contributed by atoms with Crippen LogP contribution in [0.1, 0.15) is 37.8 Å². The Hall–Kier alpha value is -4.26. The number of anilines is 1. The Kier molecular flexibility index (Phi) is 6.31. The maximum absolute atomic E-state index is 14.3. The summed E-state index contributed by atoms with van der Waals surface area (Å²) in [6.07, 6.45) is 1.67. The van der Waals surface area contributed by atoms with Crippen LogP contribution < -0.4 is 10.6 Å². The van der Waals surface area contributed by atoms with Crippen molar-refractivity contribution in [3.8, 4) is 5.69 Å². The molecule has 0 spiro atoms. The fourth-order valence-electron chi connectivity index (χ4n) is 3.71. The predicted octanol–water partition coefficient (Wildman–Crippen LogP) is 4.81. The van der Waals surface area contributed by atoms with E-state index >= 15 is 0 Å². The molecule has 166 valence electrons. The van der Waals surface area contributed by atoms with Crippen LogP contribution in [-0.2, 0) is 6.54 Å². The number of hydrogen-bond donors (Lipinski definition) is 2. The standard InChI is InChI=1S/C26H23FN4O2/c1-17-14-22(18(2)31(17)24-12-4-3-11-23(24)27)26(33)30-20-10-7-8-19(15-20)25(32)29-16-21-9-5-6-13-28-21/h3-15H,16H2,1-2H3,(H,29,32)(H,30,33). The van der Waals surface area contributed by atoms with Gasteiger partial charge in [0.05, 0.1) is 23.5 Å². The van der Waals surface area contributed by atoms with Crippen molar-refractivity contribution in [2.75, 3.05) is 5.32 Å². The zero-order valence-electron chi connectivity index (χ0n) is 18.3. The summed E-state index contributed by atoms with van der Waals surface area (Å²) < 4.78 is 16.0. The van der Waals surface area contributed by atoms with Gasteiger partial charge in [0, 0.05) is 28.8 Å². The Balaban J connectivity index is 1.50. The van der Waals surface area contributed by atoms with Gasteiger partial charge in [0.2, 0.25) is 0 Å². The number of carbonyl (C=O) groups excluding carboxylic acids is 2. The Morgan fingerprint density at radius 2 is 1.73 bits per heavy atom. The Labute approximate surface area is 191 Å². The predicted molar refractivity (Wildman–Crippen MR) is 125 cm³/mol. The number of pyridine rings is 1. The summed E-state index contributed by atoms with van der Waals surface area (Å²) in [4.78, 5) is 29.7. The molecular weight excluding hydrogens is 419 g/mol. The summed E-state index contributed by atoms with van der Waals surface area (Å²) in [7, 11) is 0. The van der Waals surface area contributed by atoms with Crippen molar-refractivity contribution in [1.29, 1.82) is 0 Å². The third-order valence-corrected chi connectivity index (χ3v) is 5.31. The molecule has 2 amide bonds. The molecule has 2 heterocycles. The Morgan fingerprint density at radius 1 is 0.939 bits per heavy atom. The normalized spacial score (nSPS) is 10.6. The van der Waals surface area contributed by atoms with Crippen LogP contribution in [0.4, 0.5) is 10.1 Å². The molecule has 0 aliphatic rings. The van der Waals surface area contributed by atoms with Crippen LogP contribution in [0.15, 0.2) is 79.0 Å². The highest BCUT2D eigenvalue weighted by atomic mass is 19.1. The van der Waals surface area contributed by atoms with E-state index in [9.17, 15) is 14.0 Å². The molecule has 2 aromatic heterocycles. The van der Waals surface area contributed by atoms with Crippen molar-refractivity contribution in [1.82, 2.24) is 14.9 Å². The number of carbonyl (C=O) groups is 2. The van der Waals surface area contributed by atoms with Crippen LogP contribution in [-0.4, -0.2) is 21.4 Å². The summed E-state index contributed by atoms with van der Waals surface area (Å²) in [5.41, 5.74) is 3.84. The first-order chi connectivity index (χ1) is 15.9. The molecule has 0 aliphatic heterocycles. The number of hydrogen-bond acceptors (Lipinski definition) is 3. The smallest absolute Gasteiger partial charge is 0.257 e. The zero-order chi connectivity index (χ0) is 23.4. The minimum Gasteiger partial charge on any atom is -0.346 e. The minimum absolute atomic E-state index is 0.269. The lowest BCUT2D eigenvalue weighted by Crippen LogP contribution is -2.23. The number of aryl methyl sites for hydroxylation is 1. The number of nitrogens with one attached hydrogen (secondary N) is 2. The first kappa shape index (κ1) is 22.0. The van der Waals surface area contributed by atoms with Crippen LogP contribution >= 0.6 is 0 Å². The van der Waals surface area contributed by atoms with E-state index < -0.39 is 0 Å². The van der Waals surface area contributed by atoms with Crippen molar-refractivity contribution >= 4 is 17.5 Å². The number of rotatable bonds is 6. The Bertz CT molecular complexity index is 1320. The molecule has 0 fully saturated rings. The summed E-state index contributed by atoms with van der Waals surface area (Å²) in [6.45, 7) is 3.90. The molecule has 7 heteroatoms. The van der Waals surface area contributed by atoms with Gasteiger partial charge in [-0.3, -0.25) is 14.6 Å². The third kappa shape index (κ3) is 4.82. The molecule has 0 saturated heterocycles. The molecular formula is C26H23FN4O2. The van der Waals surface area contributed by atoms with Crippen LogP contribution in [0.2, 0.25) is 0 Å². The third-order valence-electron chi connectivity index (χ3n) is 5.31. The van der Waals surface area contributed by atoms with Gasteiger partial charge in [-0.25, -0.2) is 4.39 Å². The fraction of sp³-hybridized carbons (Fsp3) is 0.115. The molecule has 0 bridgehead atoms. The number of halogens is 1. The van der Waals surface area contributed by atoms with Crippen LogP contribution in [0, 0.1) is 19.7 Å². The molecule has 2 N–H and O–H groups in total. The van der Waals surface area contributed by atoms with Crippen molar-refractivity contribution < 1.29 is 14.0 Å². The van der Waals surface area contributed by atoms with E-state index in [0.717, 1.165) is 11.4 Å². The molecule has 33 heavy (non-hydrogen) atoms. The van der Waals surface area contributed by atoms with Crippen molar-refractivity contribution in [3.05, 3.63) is 113 Å². The summed E-state index contributed by atoms with van der Waals surface area (Å²) in [6, 6.07) is 20.4. The van der Waals surface area contributed by atoms with Gasteiger partial charge in [-0.05, 0) is 62.4 Å². The average Bonchev–Trinajstić information content (AvgIpc) is 3.12. The van der Waals surface area contributed by atoms with Crippen molar-refractivity contribution in [2.24, 2.45) is 0 Å². The number of aromatic nitrogens is 2. The lowest BCUT2D eigenvalue weighted by molar-refractivity contribution is 0.0949. The average molecular weight is 442 g/mol. The molecule has 0 atom stereocenters. The second-order valence-electron chi connectivity index (χ2n) is 7.61. The summed E-state index contributed by atoms with van der Waals surface area (Å²) in [5.74, 6) is -0.970. The van der Waals surface area contributed by atoms with E-state index in [1.807, 2.05) is 25.1 Å². The van der Waals surface area contributed by atoms with E-state index in [1.54, 1.807) is 66.2 Å². The van der Waals surface area contributed by atoms with Gasteiger partial charge in [-0.1, -0.05) is 24.3 Å². The Morgan fingerprint density at radius 3 is 2.48 bits per heavy atom. The largest absolute Gasteiger partial charge is 0.346 e. The van der Waals surface area contributed by atoms with Gasteiger partial charge >= 0.3 is 0 Å². The molecule has 0 saturated carbocycles. The lowest BCUT2D eigenvalue weighted by atomic mass is 10.1. The maximum Gasteiger partial charge on any atom is 0.257 e. The molecule has 2 aromatic carbocycles. The molecule has 4 rings (SSSR count). The molecule has 0 aliphatic carbocycles. The number of amides is 2. The topological polar surface area (TPSA) is 76.0 Å². The SMILES string of the molecule is Cc1cc(C(=O)Nc2cccc(C(=O)NCc3ccccn3)c2)c(C)n1-c1ccccc1F. The molecule has 4 aromatic rings. The van der Waals surface area contributed by atoms with Crippen LogP contribution in [0.25, 0.3) is 5.69 Å². The van der Waals surface area contributed by atoms with E-state index in [0.29, 0.717) is 34.7 Å². The monoisotopic (exact) mass is 442 g/mol. The fourth-order valence-corrected chi connectivity index (χ4v) is 3.71. The quantitative estimate of drug-likeness (QED) is 0.450. The highest BCUT2D eigenvalue weighted by molar-refractivity contribution is 6.06. The molecule has 0 radical (unpaired) electrons. The van der Waals surface area contributed by atoms with Gasteiger partial charge in [-0.2, -0.15) is 0 Å². The second kappa shape index (κ2) is 9.48. The summed E-state index contributed by atoms with van der Waals surface area (Å²) in [5, 5.41) is 5.65. The van der Waals surface area contributed by atoms with Gasteiger partial charge in [0.15, 0.2) is 0 Å². The van der Waals surface area contributed by atoms with E-state index in [4.69, 9.17) is 0 Å². The maximum atomic E-state index is 14.3. The van der Waals surface area contributed by atoms with Gasteiger partial charge in [0.25, 0.3) is 11.8 Å². The van der Waals surface area contributed by atoms with Crippen molar-refractivity contribution in [3.63, 3.8) is 0 Å². The zero-order valence-corrected chi connectivity index (χ0v) is 18.3. The van der Waals surface area contributed by atoms with Gasteiger partial charge in [0.1, 0.15) is 5.82 Å². The minimum atomic E-state index is -0.365. The van der Waals surface area contributed by atoms with Crippen LogP contribution in [0.5, 0.6) is 0 Å². The van der Waals surface area contributed by atoms with Gasteiger partial charge in [-0.15, -0.1) is 0 Å². The summed E-state index contributed by atoms with van der Waals surface area (Å²) >= 11 is 0.